The lowest BCUT2D eigenvalue weighted by Gasteiger charge is -2.05. The molecule has 0 bridgehead atoms. The van der Waals surface area contributed by atoms with Crippen LogP contribution in [0.25, 0.3) is 11.3 Å². The van der Waals surface area contributed by atoms with Crippen molar-refractivity contribution in [2.75, 3.05) is 11.9 Å². The summed E-state index contributed by atoms with van der Waals surface area (Å²) < 4.78 is 18.2. The first-order chi connectivity index (χ1) is 12.5. The summed E-state index contributed by atoms with van der Waals surface area (Å²) in [7, 11) is 0. The largest absolute Gasteiger partial charge is 0.493 e. The fourth-order valence-corrected chi connectivity index (χ4v) is 2.86. The van der Waals surface area contributed by atoms with Gasteiger partial charge in [0.25, 0.3) is 5.91 Å². The van der Waals surface area contributed by atoms with E-state index in [-0.39, 0.29) is 30.4 Å². The molecule has 0 saturated heterocycles. The van der Waals surface area contributed by atoms with E-state index in [4.69, 9.17) is 10.5 Å². The molecule has 7 nitrogen and oxygen atoms in total. The molecule has 0 spiro atoms. The third-order valence-corrected chi connectivity index (χ3v) is 4.16. The van der Waals surface area contributed by atoms with Crippen LogP contribution in [0.3, 0.4) is 0 Å². The lowest BCUT2D eigenvalue weighted by atomic mass is 10.2. The maximum Gasteiger partial charge on any atom is 0.265 e. The van der Waals surface area contributed by atoms with Gasteiger partial charge in [-0.1, -0.05) is 0 Å². The van der Waals surface area contributed by atoms with E-state index in [0.29, 0.717) is 22.1 Å². The Morgan fingerprint density at radius 3 is 2.77 bits per heavy atom. The number of amides is 2. The zero-order valence-electron chi connectivity index (χ0n) is 13.5. The van der Waals surface area contributed by atoms with Crippen molar-refractivity contribution in [3.05, 3.63) is 53.4 Å². The highest BCUT2D eigenvalue weighted by Crippen LogP contribution is 2.25. The first kappa shape index (κ1) is 17.6. The molecular weight excluding hydrogens is 359 g/mol. The van der Waals surface area contributed by atoms with Gasteiger partial charge in [-0.25, -0.2) is 9.37 Å². The van der Waals surface area contributed by atoms with Gasteiger partial charge in [-0.3, -0.25) is 9.59 Å². The van der Waals surface area contributed by atoms with E-state index in [1.165, 1.54) is 35.6 Å². The molecular formula is C17H15FN4O3S. The maximum absolute atomic E-state index is 12.8. The van der Waals surface area contributed by atoms with Crippen LogP contribution in [0.1, 0.15) is 16.9 Å². The number of nitrogens with one attached hydrogen (secondary N) is 2. The Hall–Kier alpha value is -3.20. The van der Waals surface area contributed by atoms with Crippen LogP contribution in [0.4, 0.5) is 9.52 Å². The lowest BCUT2D eigenvalue weighted by Crippen LogP contribution is -2.15. The molecule has 134 valence electrons. The zero-order valence-corrected chi connectivity index (χ0v) is 14.3. The minimum absolute atomic E-state index is 0.127. The normalized spacial score (nSPS) is 10.5. The average Bonchev–Trinajstić information content (AvgIpc) is 3.26. The average molecular weight is 374 g/mol. The van der Waals surface area contributed by atoms with Crippen LogP contribution in [0.5, 0.6) is 5.75 Å². The molecule has 0 atom stereocenters. The Morgan fingerprint density at radius 2 is 2.08 bits per heavy atom. The fraction of sp³-hybridized carbons (Fsp3) is 0.118. The van der Waals surface area contributed by atoms with E-state index in [1.54, 1.807) is 17.6 Å². The number of halogens is 1. The van der Waals surface area contributed by atoms with Crippen molar-refractivity contribution in [3.63, 3.8) is 0 Å². The number of H-pyrrole nitrogens is 1. The van der Waals surface area contributed by atoms with Gasteiger partial charge in [0, 0.05) is 17.1 Å². The van der Waals surface area contributed by atoms with Crippen molar-refractivity contribution in [2.45, 2.75) is 6.42 Å². The van der Waals surface area contributed by atoms with E-state index < -0.39 is 5.91 Å². The number of hydrogen-bond donors (Lipinski definition) is 3. The smallest absolute Gasteiger partial charge is 0.265 e. The lowest BCUT2D eigenvalue weighted by molar-refractivity contribution is -0.116. The molecule has 9 heteroatoms. The molecule has 0 unspecified atom stereocenters. The number of carbonyl (C=O) groups excluding carboxylic acids is 2. The van der Waals surface area contributed by atoms with Crippen LogP contribution < -0.4 is 15.8 Å². The monoisotopic (exact) mass is 374 g/mol. The van der Waals surface area contributed by atoms with Crippen molar-refractivity contribution in [3.8, 4) is 17.0 Å². The number of aromatic nitrogens is 2. The molecule has 4 N–H and O–H groups in total. The summed E-state index contributed by atoms with van der Waals surface area (Å²) in [6, 6.07) is 7.17. The summed E-state index contributed by atoms with van der Waals surface area (Å²) in [4.78, 5) is 30.1. The van der Waals surface area contributed by atoms with Gasteiger partial charge in [-0.15, -0.1) is 11.3 Å². The minimum Gasteiger partial charge on any atom is -0.493 e. The van der Waals surface area contributed by atoms with Crippen molar-refractivity contribution in [1.29, 1.82) is 0 Å². The summed E-state index contributed by atoms with van der Waals surface area (Å²) in [6.45, 7) is 0.162. The number of ether oxygens (including phenoxy) is 1. The second kappa shape index (κ2) is 7.79. The number of benzene rings is 1. The Balaban J connectivity index is 1.50. The minimum atomic E-state index is -0.554. The highest BCUT2D eigenvalue weighted by atomic mass is 32.1. The molecule has 2 amide bonds. The van der Waals surface area contributed by atoms with E-state index in [9.17, 15) is 14.0 Å². The fourth-order valence-electron chi connectivity index (χ4n) is 2.12. The van der Waals surface area contributed by atoms with Crippen LogP contribution in [0.2, 0.25) is 0 Å². The maximum atomic E-state index is 12.8. The van der Waals surface area contributed by atoms with Crippen LogP contribution in [-0.2, 0) is 4.79 Å². The predicted octanol–water partition coefficient (Wildman–Crippen LogP) is 2.78. The summed E-state index contributed by atoms with van der Waals surface area (Å²) in [5.74, 6) is -0.658. The Bertz CT molecular complexity index is 920. The highest BCUT2D eigenvalue weighted by Gasteiger charge is 2.11. The number of nitrogens with two attached hydrogens (primary N) is 1. The van der Waals surface area contributed by atoms with E-state index in [2.05, 4.69) is 15.3 Å². The van der Waals surface area contributed by atoms with Gasteiger partial charge in [-0.05, 0) is 30.3 Å². The van der Waals surface area contributed by atoms with Crippen molar-refractivity contribution < 1.29 is 18.7 Å². The molecule has 0 radical (unpaired) electrons. The summed E-state index contributed by atoms with van der Waals surface area (Å²) in [5, 5.41) is 4.88. The Kier molecular flexibility index (Phi) is 5.28. The van der Waals surface area contributed by atoms with Gasteiger partial charge >= 0.3 is 0 Å². The van der Waals surface area contributed by atoms with E-state index in [0.717, 1.165) is 0 Å². The van der Waals surface area contributed by atoms with Crippen LogP contribution in [0, 0.1) is 5.82 Å². The Morgan fingerprint density at radius 1 is 1.31 bits per heavy atom. The predicted molar refractivity (Wildman–Crippen MR) is 95.6 cm³/mol. The quantitative estimate of drug-likeness (QED) is 0.590. The van der Waals surface area contributed by atoms with Crippen molar-refractivity contribution in [2.24, 2.45) is 5.73 Å². The zero-order chi connectivity index (χ0) is 18.5. The number of anilines is 1. The first-order valence-electron chi connectivity index (χ1n) is 7.63. The second-order valence-corrected chi connectivity index (χ2v) is 6.16. The summed E-state index contributed by atoms with van der Waals surface area (Å²) in [6.07, 6.45) is 1.75. The summed E-state index contributed by atoms with van der Waals surface area (Å²) >= 11 is 1.27. The van der Waals surface area contributed by atoms with E-state index in [1.807, 2.05) is 0 Å². The van der Waals surface area contributed by atoms with Crippen LogP contribution in [0.15, 0.2) is 41.9 Å². The molecule has 0 aliphatic heterocycles. The van der Waals surface area contributed by atoms with Gasteiger partial charge in [0.15, 0.2) is 5.13 Å². The molecule has 2 aromatic heterocycles. The van der Waals surface area contributed by atoms with E-state index >= 15 is 0 Å². The van der Waals surface area contributed by atoms with Gasteiger partial charge in [0.05, 0.1) is 18.7 Å². The number of carbonyl (C=O) groups is 2. The topological polar surface area (TPSA) is 110 Å². The number of primary amides is 1. The molecule has 3 rings (SSSR count). The highest BCUT2D eigenvalue weighted by molar-refractivity contribution is 7.14. The third kappa shape index (κ3) is 4.45. The number of rotatable bonds is 7. The standard InChI is InChI=1S/C17H15FN4O3S/c18-11-1-3-12(4-2-11)25-6-5-15(23)22-17-21-14(9-26-17)10-7-13(16(19)24)20-8-10/h1-4,7-9,20H,5-6H2,(H2,19,24)(H,21,22,23). The van der Waals surface area contributed by atoms with Gasteiger partial charge < -0.3 is 20.8 Å². The second-order valence-electron chi connectivity index (χ2n) is 5.30. The summed E-state index contributed by atoms with van der Waals surface area (Å²) in [5.41, 5.74) is 6.81. The van der Waals surface area contributed by atoms with Crippen molar-refractivity contribution >= 4 is 28.3 Å². The first-order valence-corrected chi connectivity index (χ1v) is 8.51. The molecule has 1 aromatic carbocycles. The molecule has 3 aromatic rings. The van der Waals surface area contributed by atoms with Crippen LogP contribution >= 0.6 is 11.3 Å². The third-order valence-electron chi connectivity index (χ3n) is 3.41. The van der Waals surface area contributed by atoms with Gasteiger partial charge in [0.1, 0.15) is 17.3 Å². The van der Waals surface area contributed by atoms with Gasteiger partial charge in [-0.2, -0.15) is 0 Å². The molecule has 0 aliphatic rings. The molecule has 0 saturated carbocycles. The van der Waals surface area contributed by atoms with Gasteiger partial charge in [0.2, 0.25) is 5.91 Å². The molecule has 2 heterocycles. The molecule has 26 heavy (non-hydrogen) atoms. The Labute approximate surface area is 152 Å². The van der Waals surface area contributed by atoms with Crippen molar-refractivity contribution in [1.82, 2.24) is 9.97 Å². The molecule has 0 fully saturated rings. The number of aromatic amines is 1. The van der Waals surface area contributed by atoms with Crippen LogP contribution in [-0.4, -0.2) is 28.4 Å². The SMILES string of the molecule is NC(=O)c1cc(-c2csc(NC(=O)CCOc3ccc(F)cc3)n2)c[nH]1. The number of hydrogen-bond acceptors (Lipinski definition) is 5. The number of thiazole rings is 1. The molecule has 0 aliphatic carbocycles. The number of nitrogens with zero attached hydrogens (tertiary/aromatic N) is 1.